The maximum atomic E-state index is 13.2. The normalized spacial score (nSPS) is 26.2. The predicted molar refractivity (Wildman–Crippen MR) is 215 cm³/mol. The summed E-state index contributed by atoms with van der Waals surface area (Å²) in [6.07, 6.45) is 14.2. The molecule has 4 aliphatic rings. The number of aryl methyl sites for hydroxylation is 1. The SMILES string of the molecule is CC(C)(C)[Si](C)(C)OC(/C=C\[C@@H]1CC[C@H]1CS(=O)(=O)c1ncccn1)[C@@H]1CC[C@H]1CN1CC2(CCCc3cc(Cl)ccc32)COc2ccc(C(=O)O)cc21. The van der Waals surface area contributed by atoms with Gasteiger partial charge in [-0.15, -0.1) is 0 Å². The lowest BCUT2D eigenvalue weighted by atomic mass is 9.68. The molecule has 54 heavy (non-hydrogen) atoms. The third kappa shape index (κ3) is 7.88. The second kappa shape index (κ2) is 15.0. The number of sulfone groups is 1. The van der Waals surface area contributed by atoms with Crippen LogP contribution in [0.3, 0.4) is 0 Å². The maximum absolute atomic E-state index is 13.2. The van der Waals surface area contributed by atoms with Crippen molar-refractivity contribution in [1.82, 2.24) is 9.97 Å². The second-order valence-electron chi connectivity index (χ2n) is 17.6. The molecule has 1 N–H and O–H groups in total. The minimum Gasteiger partial charge on any atom is -0.490 e. The summed E-state index contributed by atoms with van der Waals surface area (Å²) in [4.78, 5) is 22.7. The van der Waals surface area contributed by atoms with E-state index in [0.29, 0.717) is 19.1 Å². The van der Waals surface area contributed by atoms with E-state index in [1.165, 1.54) is 23.5 Å². The molecule has 1 aromatic heterocycles. The van der Waals surface area contributed by atoms with Gasteiger partial charge in [0.1, 0.15) is 5.75 Å². The van der Waals surface area contributed by atoms with Gasteiger partial charge in [0.2, 0.25) is 15.0 Å². The average Bonchev–Trinajstić information content (AvgIpc) is 3.25. The van der Waals surface area contributed by atoms with Crippen molar-refractivity contribution in [2.24, 2.45) is 23.7 Å². The van der Waals surface area contributed by atoms with Crippen molar-refractivity contribution in [3.05, 3.63) is 88.7 Å². The molecular formula is C42H54ClN3O6SSi. The molecular weight excluding hydrogens is 738 g/mol. The molecule has 290 valence electrons. The van der Waals surface area contributed by atoms with Crippen molar-refractivity contribution in [2.75, 3.05) is 30.3 Å². The molecule has 0 radical (unpaired) electrons. The van der Waals surface area contributed by atoms with Crippen molar-refractivity contribution < 1.29 is 27.5 Å². The fraction of sp³-hybridized carbons (Fsp3) is 0.548. The number of carboxylic acid groups (broad SMARTS) is 1. The predicted octanol–water partition coefficient (Wildman–Crippen LogP) is 8.77. The number of halogens is 1. The number of carbonyl (C=O) groups is 1. The van der Waals surface area contributed by atoms with Crippen LogP contribution in [0.5, 0.6) is 5.75 Å². The Bertz CT molecular complexity index is 2000. The number of allylic oxidation sites excluding steroid dienone is 1. The first-order valence-electron chi connectivity index (χ1n) is 19.5. The molecule has 0 bridgehead atoms. The number of benzene rings is 2. The van der Waals surface area contributed by atoms with Crippen LogP contribution in [0, 0.1) is 23.7 Å². The zero-order valence-corrected chi connectivity index (χ0v) is 34.7. The summed E-state index contributed by atoms with van der Waals surface area (Å²) in [7, 11) is -5.78. The molecule has 1 spiro atoms. The molecule has 7 rings (SSSR count). The molecule has 1 aliphatic heterocycles. The van der Waals surface area contributed by atoms with E-state index >= 15 is 0 Å². The van der Waals surface area contributed by atoms with Crippen LogP contribution < -0.4 is 9.64 Å². The molecule has 2 aromatic carbocycles. The zero-order chi connectivity index (χ0) is 38.5. The summed E-state index contributed by atoms with van der Waals surface area (Å²) in [5, 5.41) is 10.7. The van der Waals surface area contributed by atoms with E-state index in [2.05, 4.69) is 73.0 Å². The molecule has 0 saturated heterocycles. The smallest absolute Gasteiger partial charge is 0.335 e. The van der Waals surface area contributed by atoms with Crippen LogP contribution in [0.25, 0.3) is 0 Å². The van der Waals surface area contributed by atoms with Crippen molar-refractivity contribution in [3.63, 3.8) is 0 Å². The van der Waals surface area contributed by atoms with Gasteiger partial charge in [-0.05, 0) is 134 Å². The van der Waals surface area contributed by atoms with Crippen LogP contribution in [-0.4, -0.2) is 69.3 Å². The van der Waals surface area contributed by atoms with E-state index in [1.54, 1.807) is 18.2 Å². The fourth-order valence-electron chi connectivity index (χ4n) is 8.68. The highest BCUT2D eigenvalue weighted by Crippen LogP contribution is 2.49. The maximum Gasteiger partial charge on any atom is 0.335 e. The van der Waals surface area contributed by atoms with Gasteiger partial charge in [0.15, 0.2) is 8.32 Å². The summed E-state index contributed by atoms with van der Waals surface area (Å²) < 4.78 is 40.2. The minimum atomic E-state index is -3.58. The van der Waals surface area contributed by atoms with Gasteiger partial charge in [-0.1, -0.05) is 50.6 Å². The Morgan fingerprint density at radius 2 is 1.87 bits per heavy atom. The van der Waals surface area contributed by atoms with Crippen LogP contribution in [0.15, 0.2) is 72.2 Å². The number of fused-ring (bicyclic) bond motifs is 3. The third-order valence-electron chi connectivity index (χ3n) is 13.2. The molecule has 12 heteroatoms. The molecule has 9 nitrogen and oxygen atoms in total. The molecule has 2 fully saturated rings. The monoisotopic (exact) mass is 791 g/mol. The van der Waals surface area contributed by atoms with Gasteiger partial charge in [0, 0.05) is 35.9 Å². The Kier molecular flexibility index (Phi) is 10.8. The first-order valence-corrected chi connectivity index (χ1v) is 24.4. The second-order valence-corrected chi connectivity index (χ2v) is 24.8. The minimum absolute atomic E-state index is 0.0129. The van der Waals surface area contributed by atoms with Crippen molar-refractivity contribution in [3.8, 4) is 5.75 Å². The van der Waals surface area contributed by atoms with E-state index in [0.717, 1.165) is 68.0 Å². The Hall–Kier alpha value is -3.25. The Morgan fingerprint density at radius 3 is 2.54 bits per heavy atom. The van der Waals surface area contributed by atoms with Crippen molar-refractivity contribution in [2.45, 2.75) is 101 Å². The highest BCUT2D eigenvalue weighted by molar-refractivity contribution is 7.91. The zero-order valence-electron chi connectivity index (χ0n) is 32.1. The summed E-state index contributed by atoms with van der Waals surface area (Å²) in [5.74, 6) is 0.536. The Morgan fingerprint density at radius 1 is 1.11 bits per heavy atom. The van der Waals surface area contributed by atoms with Gasteiger partial charge < -0.3 is 19.2 Å². The molecule has 2 unspecified atom stereocenters. The number of aromatic carboxylic acids is 1. The lowest BCUT2D eigenvalue weighted by Crippen LogP contribution is -2.52. The molecule has 6 atom stereocenters. The largest absolute Gasteiger partial charge is 0.490 e. The van der Waals surface area contributed by atoms with Crippen LogP contribution in [0.1, 0.15) is 80.8 Å². The van der Waals surface area contributed by atoms with E-state index in [9.17, 15) is 18.3 Å². The molecule has 3 aromatic rings. The van der Waals surface area contributed by atoms with Crippen LogP contribution in [0.4, 0.5) is 5.69 Å². The van der Waals surface area contributed by atoms with E-state index < -0.39 is 24.1 Å². The van der Waals surface area contributed by atoms with Gasteiger partial charge >= 0.3 is 5.97 Å². The Labute approximate surface area is 326 Å². The Balaban J connectivity index is 1.17. The summed E-state index contributed by atoms with van der Waals surface area (Å²) in [6.45, 7) is 13.4. The third-order valence-corrected chi connectivity index (χ3v) is 19.5. The number of aromatic nitrogens is 2. The number of carboxylic acids is 1. The van der Waals surface area contributed by atoms with E-state index in [1.807, 2.05) is 12.1 Å². The van der Waals surface area contributed by atoms with E-state index in [4.69, 9.17) is 20.8 Å². The lowest BCUT2D eigenvalue weighted by Gasteiger charge is -2.48. The average molecular weight is 793 g/mol. The van der Waals surface area contributed by atoms with Crippen molar-refractivity contribution >= 4 is 41.4 Å². The fourth-order valence-corrected chi connectivity index (χ4v) is 11.7. The molecule has 0 amide bonds. The standard InChI is InChI=1S/C42H54ClN3O6SSi/c1-41(2,3)54(4,5)52-37(17-12-28-9-10-32(28)25-53(49,50)40-44-20-7-21-45-40)34-15-11-31(34)24-46-26-42(19-6-8-29-22-33(43)14-16-35(29)42)27-51-38-18-13-30(39(47)48)23-36(38)46/h7,12-14,16-18,20-23,28,31-32,34,37H,6,8-11,15,19,24-27H2,1-5H3,(H,47,48)/b17-12-/t28-,31-,32-,34+,37?,42?/m0/s1. The molecule has 3 aliphatic carbocycles. The van der Waals surface area contributed by atoms with Crippen LogP contribution in [-0.2, 0) is 26.1 Å². The number of hydrogen-bond acceptors (Lipinski definition) is 8. The molecule has 2 heterocycles. The first-order chi connectivity index (χ1) is 25.6. The van der Waals surface area contributed by atoms with E-state index in [-0.39, 0.29) is 50.8 Å². The van der Waals surface area contributed by atoms with Crippen molar-refractivity contribution in [1.29, 1.82) is 0 Å². The number of anilines is 1. The van der Waals surface area contributed by atoms with Crippen LogP contribution in [0.2, 0.25) is 23.2 Å². The van der Waals surface area contributed by atoms with Crippen LogP contribution >= 0.6 is 11.6 Å². The summed E-state index contributed by atoms with van der Waals surface area (Å²) >= 11 is 6.48. The quantitative estimate of drug-likeness (QED) is 0.116. The lowest BCUT2D eigenvalue weighted by molar-refractivity contribution is 0.0519. The topological polar surface area (TPSA) is 119 Å². The number of ether oxygens (including phenoxy) is 1. The summed E-state index contributed by atoms with van der Waals surface area (Å²) in [6, 6.07) is 13.1. The first kappa shape index (κ1) is 39.0. The highest BCUT2D eigenvalue weighted by atomic mass is 35.5. The van der Waals surface area contributed by atoms with Gasteiger partial charge in [-0.2, -0.15) is 0 Å². The number of nitrogens with zero attached hydrogens (tertiary/aromatic N) is 3. The number of hydrogen-bond donors (Lipinski definition) is 1. The molecule has 2 saturated carbocycles. The van der Waals surface area contributed by atoms with Gasteiger partial charge in [-0.3, -0.25) is 0 Å². The highest BCUT2D eigenvalue weighted by Gasteiger charge is 2.47. The van der Waals surface area contributed by atoms with Gasteiger partial charge in [0.25, 0.3) is 0 Å². The summed E-state index contributed by atoms with van der Waals surface area (Å²) in [5.41, 5.74) is 3.36. The number of rotatable bonds is 11. The van der Waals surface area contributed by atoms with Gasteiger partial charge in [0.05, 0.1) is 29.7 Å². The van der Waals surface area contributed by atoms with Gasteiger partial charge in [-0.25, -0.2) is 23.2 Å².